The van der Waals surface area contributed by atoms with E-state index in [0.29, 0.717) is 13.0 Å². The fourth-order valence-electron chi connectivity index (χ4n) is 1.54. The Morgan fingerprint density at radius 1 is 1.25 bits per heavy atom. The van der Waals surface area contributed by atoms with Gasteiger partial charge in [-0.3, -0.25) is 0 Å². The van der Waals surface area contributed by atoms with Crippen molar-refractivity contribution in [3.8, 4) is 0 Å². The Labute approximate surface area is 126 Å². The molecule has 0 bridgehead atoms. The summed E-state index contributed by atoms with van der Waals surface area (Å²) in [6, 6.07) is 6.82. The van der Waals surface area contributed by atoms with E-state index >= 15 is 0 Å². The first-order chi connectivity index (χ1) is 9.30. The number of aliphatic hydroxyl groups excluding tert-OH is 1. The van der Waals surface area contributed by atoms with E-state index in [1.165, 1.54) is 0 Å². The minimum absolute atomic E-state index is 0.131. The van der Waals surface area contributed by atoms with Crippen LogP contribution in [0.4, 0.5) is 0 Å². The smallest absolute Gasteiger partial charge is 0.240 e. The molecule has 0 aliphatic heterocycles. The molecule has 0 aliphatic carbocycles. The number of hydrogen-bond donors (Lipinski definition) is 2. The molecule has 4 nitrogen and oxygen atoms in total. The Hall–Kier alpha value is -0.560. The van der Waals surface area contributed by atoms with Crippen molar-refractivity contribution < 1.29 is 13.5 Å². The van der Waals surface area contributed by atoms with Crippen LogP contribution in [0, 0.1) is 0 Å². The average molecular weight is 317 g/mol. The maximum atomic E-state index is 12.2. The van der Waals surface area contributed by atoms with Gasteiger partial charge in [0.2, 0.25) is 10.0 Å². The minimum atomic E-state index is -3.45. The molecule has 0 heterocycles. The number of hydrogen-bond acceptors (Lipinski definition) is 4. The standard InChI is InChI=1S/C14H23NO3S2/c1-14(2,19-3)11-15-20(17,18)13-8-6-12(7-9-13)5-4-10-16/h6-9,15-16H,4-5,10-11H2,1-3H3. The average Bonchev–Trinajstić information content (AvgIpc) is 2.44. The van der Waals surface area contributed by atoms with Crippen molar-refractivity contribution in [2.24, 2.45) is 0 Å². The van der Waals surface area contributed by atoms with Crippen LogP contribution >= 0.6 is 11.8 Å². The summed E-state index contributed by atoms with van der Waals surface area (Å²) in [4.78, 5) is 0.280. The number of sulfonamides is 1. The molecule has 0 aliphatic rings. The van der Waals surface area contributed by atoms with Crippen LogP contribution in [-0.4, -0.2) is 37.7 Å². The fourth-order valence-corrected chi connectivity index (χ4v) is 3.06. The predicted molar refractivity (Wildman–Crippen MR) is 84.6 cm³/mol. The highest BCUT2D eigenvalue weighted by atomic mass is 32.2. The third-order valence-electron chi connectivity index (χ3n) is 3.10. The van der Waals surface area contributed by atoms with Gasteiger partial charge in [-0.1, -0.05) is 12.1 Å². The number of thioether (sulfide) groups is 1. The van der Waals surface area contributed by atoms with Crippen molar-refractivity contribution in [3.63, 3.8) is 0 Å². The number of nitrogens with one attached hydrogen (secondary N) is 1. The molecule has 1 rings (SSSR count). The van der Waals surface area contributed by atoms with E-state index in [1.54, 1.807) is 36.0 Å². The van der Waals surface area contributed by atoms with Gasteiger partial charge in [0, 0.05) is 17.9 Å². The summed E-state index contributed by atoms with van der Waals surface area (Å²) >= 11 is 1.62. The van der Waals surface area contributed by atoms with Crippen molar-refractivity contribution in [2.45, 2.75) is 36.3 Å². The zero-order valence-corrected chi connectivity index (χ0v) is 13.9. The molecular formula is C14H23NO3S2. The van der Waals surface area contributed by atoms with Crippen LogP contribution in [-0.2, 0) is 16.4 Å². The zero-order chi connectivity index (χ0) is 15.2. The second-order valence-corrected chi connectivity index (χ2v) is 8.54. The molecule has 0 fully saturated rings. The molecule has 0 unspecified atom stereocenters. The largest absolute Gasteiger partial charge is 0.396 e. The van der Waals surface area contributed by atoms with Gasteiger partial charge in [0.05, 0.1) is 4.90 Å². The summed E-state index contributed by atoms with van der Waals surface area (Å²) in [6.45, 7) is 4.53. The third kappa shape index (κ3) is 5.44. The quantitative estimate of drug-likeness (QED) is 0.770. The lowest BCUT2D eigenvalue weighted by molar-refractivity contribution is 0.288. The third-order valence-corrected chi connectivity index (χ3v) is 5.76. The lowest BCUT2D eigenvalue weighted by Crippen LogP contribution is -2.36. The molecule has 0 spiro atoms. The Bertz CT molecular complexity index is 510. The lowest BCUT2D eigenvalue weighted by atomic mass is 10.1. The van der Waals surface area contributed by atoms with Gasteiger partial charge in [0.25, 0.3) is 0 Å². The highest BCUT2D eigenvalue weighted by Gasteiger charge is 2.21. The van der Waals surface area contributed by atoms with Crippen molar-refractivity contribution in [1.29, 1.82) is 0 Å². The number of benzene rings is 1. The van der Waals surface area contributed by atoms with E-state index in [9.17, 15) is 8.42 Å². The molecule has 0 saturated carbocycles. The van der Waals surface area contributed by atoms with Gasteiger partial charge >= 0.3 is 0 Å². The number of aliphatic hydroxyl groups is 1. The Morgan fingerprint density at radius 2 is 1.85 bits per heavy atom. The van der Waals surface area contributed by atoms with Gasteiger partial charge < -0.3 is 5.11 Å². The summed E-state index contributed by atoms with van der Waals surface area (Å²) in [5.74, 6) is 0. The highest BCUT2D eigenvalue weighted by molar-refractivity contribution is 8.00. The Morgan fingerprint density at radius 3 is 2.35 bits per heavy atom. The highest BCUT2D eigenvalue weighted by Crippen LogP contribution is 2.21. The Balaban J connectivity index is 2.73. The van der Waals surface area contributed by atoms with Crippen molar-refractivity contribution in [1.82, 2.24) is 4.72 Å². The molecule has 0 radical (unpaired) electrons. The SMILES string of the molecule is CSC(C)(C)CNS(=O)(=O)c1ccc(CCCO)cc1. The van der Waals surface area contributed by atoms with E-state index in [2.05, 4.69) is 4.72 Å². The maximum Gasteiger partial charge on any atom is 0.240 e. The molecule has 114 valence electrons. The summed E-state index contributed by atoms with van der Waals surface area (Å²) in [6.07, 6.45) is 3.40. The van der Waals surface area contributed by atoms with E-state index in [1.807, 2.05) is 20.1 Å². The van der Waals surface area contributed by atoms with Crippen molar-refractivity contribution >= 4 is 21.8 Å². The first kappa shape index (κ1) is 17.5. The van der Waals surface area contributed by atoms with Crippen LogP contribution in [0.25, 0.3) is 0 Å². The van der Waals surface area contributed by atoms with E-state index in [-0.39, 0.29) is 16.2 Å². The predicted octanol–water partition coefficient (Wildman–Crippen LogP) is 2.03. The molecule has 6 heteroatoms. The molecule has 0 amide bonds. The van der Waals surface area contributed by atoms with Crippen LogP contribution < -0.4 is 4.72 Å². The van der Waals surface area contributed by atoms with Gasteiger partial charge in [-0.2, -0.15) is 11.8 Å². The summed E-state index contributed by atoms with van der Waals surface area (Å²) in [5.41, 5.74) is 1.03. The van der Waals surface area contributed by atoms with Crippen LogP contribution in [0.2, 0.25) is 0 Å². The van der Waals surface area contributed by atoms with Gasteiger partial charge in [-0.05, 0) is 50.6 Å². The molecule has 0 aromatic heterocycles. The van der Waals surface area contributed by atoms with Crippen LogP contribution in [0.1, 0.15) is 25.8 Å². The van der Waals surface area contributed by atoms with E-state index in [4.69, 9.17) is 5.11 Å². The minimum Gasteiger partial charge on any atom is -0.396 e. The molecule has 20 heavy (non-hydrogen) atoms. The molecule has 0 atom stereocenters. The van der Waals surface area contributed by atoms with Crippen molar-refractivity contribution in [2.75, 3.05) is 19.4 Å². The molecule has 1 aromatic carbocycles. The monoisotopic (exact) mass is 317 g/mol. The summed E-state index contributed by atoms with van der Waals surface area (Å²) < 4.78 is 26.8. The van der Waals surface area contributed by atoms with Gasteiger partial charge in [0.1, 0.15) is 0 Å². The van der Waals surface area contributed by atoms with Gasteiger partial charge in [-0.25, -0.2) is 13.1 Å². The fraction of sp³-hybridized carbons (Fsp3) is 0.571. The topological polar surface area (TPSA) is 66.4 Å². The molecule has 0 saturated heterocycles. The van der Waals surface area contributed by atoms with Crippen LogP contribution in [0.5, 0.6) is 0 Å². The maximum absolute atomic E-state index is 12.2. The first-order valence-electron chi connectivity index (χ1n) is 6.55. The molecule has 1 aromatic rings. The lowest BCUT2D eigenvalue weighted by Gasteiger charge is -2.22. The van der Waals surface area contributed by atoms with Gasteiger partial charge in [-0.15, -0.1) is 0 Å². The number of aryl methyl sites for hydroxylation is 1. The second-order valence-electron chi connectivity index (χ2n) is 5.26. The van der Waals surface area contributed by atoms with E-state index in [0.717, 1.165) is 12.0 Å². The normalized spacial score (nSPS) is 12.6. The Kier molecular flexibility index (Phi) is 6.51. The van der Waals surface area contributed by atoms with Gasteiger partial charge in [0.15, 0.2) is 0 Å². The first-order valence-corrected chi connectivity index (χ1v) is 9.26. The van der Waals surface area contributed by atoms with Crippen LogP contribution in [0.3, 0.4) is 0 Å². The number of rotatable bonds is 8. The van der Waals surface area contributed by atoms with Crippen molar-refractivity contribution in [3.05, 3.63) is 29.8 Å². The molecule has 2 N–H and O–H groups in total. The van der Waals surface area contributed by atoms with Crippen LogP contribution in [0.15, 0.2) is 29.2 Å². The molecular weight excluding hydrogens is 294 g/mol. The van der Waals surface area contributed by atoms with E-state index < -0.39 is 10.0 Å². The zero-order valence-electron chi connectivity index (χ0n) is 12.2. The summed E-state index contributed by atoms with van der Waals surface area (Å²) in [5, 5.41) is 8.77. The second kappa shape index (κ2) is 7.45. The summed E-state index contributed by atoms with van der Waals surface area (Å²) in [7, 11) is -3.45.